The van der Waals surface area contributed by atoms with Crippen LogP contribution in [0, 0.1) is 34.0 Å². The molecule has 1 rings (SSSR count). The smallest absolute Gasteiger partial charge is 0.196 e. The third kappa shape index (κ3) is 1.02. The van der Waals surface area contributed by atoms with Crippen molar-refractivity contribution in [1.29, 1.82) is 15.8 Å². The zero-order valence-electron chi connectivity index (χ0n) is 6.34. The van der Waals surface area contributed by atoms with Gasteiger partial charge >= 0.3 is 0 Å². The fourth-order valence-electron chi connectivity index (χ4n) is 0.880. The first-order valence-corrected chi connectivity index (χ1v) is 3.17. The summed E-state index contributed by atoms with van der Waals surface area (Å²) in [7, 11) is 0. The average molecular weight is 159 g/mol. The fraction of sp³-hybridized carbons (Fsp3) is 0.286. The second-order valence-electron chi connectivity index (χ2n) is 2.46. The Morgan fingerprint density at radius 3 is 1.75 bits per heavy atom. The van der Waals surface area contributed by atoms with E-state index in [1.807, 2.05) is 6.07 Å². The van der Waals surface area contributed by atoms with Gasteiger partial charge in [0.1, 0.15) is 18.2 Å². The van der Waals surface area contributed by atoms with E-state index in [2.05, 4.69) is 10.6 Å². The zero-order chi connectivity index (χ0) is 9.19. The second-order valence-corrected chi connectivity index (χ2v) is 2.46. The van der Waals surface area contributed by atoms with Gasteiger partial charge in [0.15, 0.2) is 17.1 Å². The Bertz CT molecular complexity index is 333. The van der Waals surface area contributed by atoms with Crippen LogP contribution in [-0.4, -0.2) is 5.66 Å². The third-order valence-electron chi connectivity index (χ3n) is 1.45. The number of nitriles is 3. The van der Waals surface area contributed by atoms with E-state index in [0.717, 1.165) is 0 Å². The van der Waals surface area contributed by atoms with Gasteiger partial charge in [0.25, 0.3) is 0 Å². The van der Waals surface area contributed by atoms with Crippen molar-refractivity contribution in [3.63, 3.8) is 0 Å². The standard InChI is InChI=1S/C7H5N5/c1-7(4-10)11-5(2-8)6(3-9)12-7/h11-12H,1H3. The first-order chi connectivity index (χ1) is 5.65. The Labute approximate surface area is 69.5 Å². The van der Waals surface area contributed by atoms with Crippen LogP contribution >= 0.6 is 0 Å². The van der Waals surface area contributed by atoms with Crippen LogP contribution in [0.3, 0.4) is 0 Å². The van der Waals surface area contributed by atoms with Gasteiger partial charge in [-0.25, -0.2) is 0 Å². The summed E-state index contributed by atoms with van der Waals surface area (Å²) in [6.07, 6.45) is 0. The van der Waals surface area contributed by atoms with E-state index in [1.54, 1.807) is 19.1 Å². The molecule has 0 atom stereocenters. The number of rotatable bonds is 0. The lowest BCUT2D eigenvalue weighted by Crippen LogP contribution is -2.45. The van der Waals surface area contributed by atoms with Gasteiger partial charge in [0.05, 0.1) is 0 Å². The second kappa shape index (κ2) is 2.45. The highest BCUT2D eigenvalue weighted by Gasteiger charge is 2.33. The lowest BCUT2D eigenvalue weighted by molar-refractivity contribution is 0.485. The van der Waals surface area contributed by atoms with Crippen molar-refractivity contribution in [3.05, 3.63) is 11.4 Å². The minimum absolute atomic E-state index is 0.113. The molecule has 1 aliphatic heterocycles. The summed E-state index contributed by atoms with van der Waals surface area (Å²) in [5.74, 6) is 0. The van der Waals surface area contributed by atoms with Crippen LogP contribution in [-0.2, 0) is 0 Å². The molecule has 0 radical (unpaired) electrons. The summed E-state index contributed by atoms with van der Waals surface area (Å²) in [4.78, 5) is 0. The Kier molecular flexibility index (Phi) is 1.62. The molecule has 1 aliphatic rings. The summed E-state index contributed by atoms with van der Waals surface area (Å²) in [6, 6.07) is 5.48. The number of nitrogens with zero attached hydrogens (tertiary/aromatic N) is 3. The largest absolute Gasteiger partial charge is 0.340 e. The molecule has 0 aromatic carbocycles. The van der Waals surface area contributed by atoms with Crippen molar-refractivity contribution in [1.82, 2.24) is 10.6 Å². The summed E-state index contributed by atoms with van der Waals surface area (Å²) in [6.45, 7) is 1.55. The van der Waals surface area contributed by atoms with Crippen LogP contribution in [0.1, 0.15) is 6.92 Å². The maximum Gasteiger partial charge on any atom is 0.196 e. The van der Waals surface area contributed by atoms with Gasteiger partial charge in [0.2, 0.25) is 0 Å². The number of nitrogens with one attached hydrogen (secondary N) is 2. The van der Waals surface area contributed by atoms with Gasteiger partial charge in [-0.2, -0.15) is 15.8 Å². The molecule has 0 fully saturated rings. The Hall–Kier alpha value is -2.19. The van der Waals surface area contributed by atoms with Crippen molar-refractivity contribution < 1.29 is 0 Å². The quantitative estimate of drug-likeness (QED) is 0.505. The molecule has 0 saturated carbocycles. The molecule has 0 unspecified atom stereocenters. The molecular weight excluding hydrogens is 154 g/mol. The normalized spacial score (nSPS) is 18.2. The van der Waals surface area contributed by atoms with Crippen molar-refractivity contribution in [2.24, 2.45) is 0 Å². The van der Waals surface area contributed by atoms with Gasteiger partial charge in [-0.05, 0) is 6.92 Å². The Morgan fingerprint density at radius 1 is 1.08 bits per heavy atom. The van der Waals surface area contributed by atoms with E-state index in [1.165, 1.54) is 0 Å². The van der Waals surface area contributed by atoms with Crippen molar-refractivity contribution in [3.8, 4) is 18.2 Å². The lowest BCUT2D eigenvalue weighted by atomic mass is 10.2. The monoisotopic (exact) mass is 159 g/mol. The highest BCUT2D eigenvalue weighted by molar-refractivity contribution is 5.42. The van der Waals surface area contributed by atoms with Gasteiger partial charge < -0.3 is 10.6 Å². The maximum absolute atomic E-state index is 8.63. The molecule has 2 N–H and O–H groups in total. The molecule has 0 aromatic heterocycles. The lowest BCUT2D eigenvalue weighted by Gasteiger charge is -2.15. The molecule has 1 heterocycles. The van der Waals surface area contributed by atoms with Crippen LogP contribution in [0.5, 0.6) is 0 Å². The van der Waals surface area contributed by atoms with Crippen LogP contribution in [0.4, 0.5) is 0 Å². The van der Waals surface area contributed by atoms with E-state index in [-0.39, 0.29) is 11.4 Å². The van der Waals surface area contributed by atoms with E-state index in [4.69, 9.17) is 15.8 Å². The minimum Gasteiger partial charge on any atom is -0.340 e. The predicted octanol–water partition coefficient (Wildman–Crippen LogP) is -0.322. The van der Waals surface area contributed by atoms with Crippen LogP contribution in [0.2, 0.25) is 0 Å². The number of hydrogen-bond acceptors (Lipinski definition) is 5. The zero-order valence-corrected chi connectivity index (χ0v) is 6.34. The summed E-state index contributed by atoms with van der Waals surface area (Å²) >= 11 is 0. The molecule has 0 amide bonds. The van der Waals surface area contributed by atoms with Crippen molar-refractivity contribution in [2.75, 3.05) is 0 Å². The highest BCUT2D eigenvalue weighted by Crippen LogP contribution is 2.13. The molecular formula is C7H5N5. The molecule has 58 valence electrons. The molecule has 0 aromatic rings. The van der Waals surface area contributed by atoms with Crippen LogP contribution < -0.4 is 10.6 Å². The van der Waals surface area contributed by atoms with Crippen molar-refractivity contribution >= 4 is 0 Å². The fourth-order valence-corrected chi connectivity index (χ4v) is 0.880. The topological polar surface area (TPSA) is 95.4 Å². The predicted molar refractivity (Wildman–Crippen MR) is 38.5 cm³/mol. The molecule has 0 aliphatic carbocycles. The third-order valence-corrected chi connectivity index (χ3v) is 1.45. The maximum atomic E-state index is 8.63. The summed E-state index contributed by atoms with van der Waals surface area (Å²) < 4.78 is 0. The average Bonchev–Trinajstić information content (AvgIpc) is 2.43. The van der Waals surface area contributed by atoms with E-state index < -0.39 is 5.66 Å². The summed E-state index contributed by atoms with van der Waals surface area (Å²) in [5, 5.41) is 30.9. The molecule has 0 saturated heterocycles. The molecule has 0 bridgehead atoms. The minimum atomic E-state index is -1.03. The van der Waals surface area contributed by atoms with Gasteiger partial charge in [-0.1, -0.05) is 0 Å². The van der Waals surface area contributed by atoms with Crippen molar-refractivity contribution in [2.45, 2.75) is 12.6 Å². The highest BCUT2D eigenvalue weighted by atomic mass is 15.2. The summed E-state index contributed by atoms with van der Waals surface area (Å²) in [5.41, 5.74) is -0.807. The van der Waals surface area contributed by atoms with Crippen LogP contribution in [0.15, 0.2) is 11.4 Å². The van der Waals surface area contributed by atoms with E-state index in [0.29, 0.717) is 0 Å². The van der Waals surface area contributed by atoms with E-state index in [9.17, 15) is 0 Å². The molecule has 5 heteroatoms. The van der Waals surface area contributed by atoms with Gasteiger partial charge in [0, 0.05) is 0 Å². The first kappa shape index (κ1) is 7.91. The number of allylic oxidation sites excluding steroid dienone is 2. The Balaban J connectivity index is 2.99. The van der Waals surface area contributed by atoms with E-state index >= 15 is 0 Å². The molecule has 12 heavy (non-hydrogen) atoms. The first-order valence-electron chi connectivity index (χ1n) is 3.17. The van der Waals surface area contributed by atoms with Gasteiger partial charge in [-0.3, -0.25) is 0 Å². The van der Waals surface area contributed by atoms with Crippen LogP contribution in [0.25, 0.3) is 0 Å². The Morgan fingerprint density at radius 2 is 1.50 bits per heavy atom. The number of hydrogen-bond donors (Lipinski definition) is 2. The molecule has 5 nitrogen and oxygen atoms in total. The van der Waals surface area contributed by atoms with Gasteiger partial charge in [-0.15, -0.1) is 0 Å². The SMILES string of the molecule is CC1(C#N)NC(C#N)=C(C#N)N1. The molecule has 0 spiro atoms.